The van der Waals surface area contributed by atoms with E-state index in [1.165, 1.54) is 6.07 Å². The summed E-state index contributed by atoms with van der Waals surface area (Å²) >= 11 is 0. The Morgan fingerprint density at radius 3 is 2.70 bits per heavy atom. The van der Waals surface area contributed by atoms with Crippen LogP contribution in [-0.4, -0.2) is 64.6 Å². The van der Waals surface area contributed by atoms with Crippen molar-refractivity contribution in [3.8, 4) is 22.5 Å². The first-order valence-electron chi connectivity index (χ1n) is 8.40. The number of nitrogens with one attached hydrogen (secondary N) is 1. The summed E-state index contributed by atoms with van der Waals surface area (Å²) in [6.07, 6.45) is 3.24. The lowest BCUT2D eigenvalue weighted by Crippen LogP contribution is -2.21. The molecule has 0 spiro atoms. The van der Waals surface area contributed by atoms with Crippen LogP contribution in [0.15, 0.2) is 41.4 Å². The molecule has 1 aliphatic rings. The molecule has 1 saturated heterocycles. The zero-order valence-corrected chi connectivity index (χ0v) is 15.4. The summed E-state index contributed by atoms with van der Waals surface area (Å²) in [6, 6.07) is 8.77. The Balaban J connectivity index is 1.80. The van der Waals surface area contributed by atoms with Crippen LogP contribution in [0.2, 0.25) is 0 Å². The van der Waals surface area contributed by atoms with Gasteiger partial charge >= 0.3 is 0 Å². The van der Waals surface area contributed by atoms with Gasteiger partial charge in [-0.1, -0.05) is 12.1 Å². The van der Waals surface area contributed by atoms with Crippen LogP contribution < -0.4 is 4.90 Å². The number of aromatic amines is 1. The van der Waals surface area contributed by atoms with E-state index in [1.54, 1.807) is 12.3 Å². The van der Waals surface area contributed by atoms with Gasteiger partial charge in [-0.3, -0.25) is 0 Å². The summed E-state index contributed by atoms with van der Waals surface area (Å²) in [5.74, 6) is 1.05. The van der Waals surface area contributed by atoms with Crippen molar-refractivity contribution in [2.24, 2.45) is 0 Å². The van der Waals surface area contributed by atoms with Crippen LogP contribution >= 0.6 is 0 Å². The number of sulfone groups is 1. The lowest BCUT2D eigenvalue weighted by atomic mass is 10.0. The zero-order valence-electron chi connectivity index (χ0n) is 14.6. The molecule has 3 aromatic rings. The van der Waals surface area contributed by atoms with E-state index in [0.717, 1.165) is 30.6 Å². The molecule has 1 aromatic carbocycles. The second-order valence-electron chi connectivity index (χ2n) is 6.49. The van der Waals surface area contributed by atoms with E-state index >= 15 is 0 Å². The van der Waals surface area contributed by atoms with Crippen LogP contribution in [0.25, 0.3) is 22.5 Å². The summed E-state index contributed by atoms with van der Waals surface area (Å²) < 4.78 is 24.5. The number of hydrogen-bond acceptors (Lipinski definition) is 8. The molecule has 2 N–H and O–H groups in total. The van der Waals surface area contributed by atoms with Gasteiger partial charge < -0.3 is 10.0 Å². The third-order valence-electron chi connectivity index (χ3n) is 4.55. The second-order valence-corrected chi connectivity index (χ2v) is 8.48. The second kappa shape index (κ2) is 6.71. The van der Waals surface area contributed by atoms with Gasteiger partial charge in [-0.15, -0.1) is 5.10 Å². The van der Waals surface area contributed by atoms with E-state index in [1.807, 2.05) is 23.1 Å². The Hall–Kier alpha value is -2.85. The molecule has 0 radical (unpaired) electrons. The topological polar surface area (TPSA) is 125 Å². The van der Waals surface area contributed by atoms with Gasteiger partial charge in [0, 0.05) is 36.7 Å². The van der Waals surface area contributed by atoms with Crippen molar-refractivity contribution >= 4 is 15.7 Å². The van der Waals surface area contributed by atoms with Gasteiger partial charge in [-0.05, 0) is 40.6 Å². The average Bonchev–Trinajstić information content (AvgIpc) is 3.32. The highest BCUT2D eigenvalue weighted by atomic mass is 32.2. The highest BCUT2D eigenvalue weighted by Crippen LogP contribution is 2.35. The number of rotatable bonds is 4. The molecule has 4 rings (SSSR count). The third-order valence-corrected chi connectivity index (χ3v) is 5.69. The fourth-order valence-corrected chi connectivity index (χ4v) is 4.18. The number of β-amino-alcohol motifs (C(OH)–C–C–N with tert-alkyl or cyclic N) is 1. The molecule has 27 heavy (non-hydrogen) atoms. The first kappa shape index (κ1) is 17.6. The molecule has 0 saturated carbocycles. The number of aliphatic hydroxyl groups is 1. The molecule has 0 aliphatic carbocycles. The Morgan fingerprint density at radius 2 is 2.11 bits per heavy atom. The van der Waals surface area contributed by atoms with Crippen molar-refractivity contribution in [3.05, 3.63) is 36.5 Å². The van der Waals surface area contributed by atoms with Crippen LogP contribution in [0.5, 0.6) is 0 Å². The Labute approximate surface area is 156 Å². The number of hydrogen-bond donors (Lipinski definition) is 2. The molecule has 140 valence electrons. The average molecular weight is 386 g/mol. The van der Waals surface area contributed by atoms with Crippen LogP contribution in [0.3, 0.4) is 0 Å². The summed E-state index contributed by atoms with van der Waals surface area (Å²) in [7, 11) is -3.49. The molecule has 2 aromatic heterocycles. The molecule has 1 aliphatic heterocycles. The van der Waals surface area contributed by atoms with Crippen LogP contribution in [0.4, 0.5) is 5.82 Å². The van der Waals surface area contributed by atoms with E-state index in [4.69, 9.17) is 0 Å². The number of nitrogens with zero attached hydrogens (tertiary/aromatic N) is 5. The molecule has 9 nitrogen and oxygen atoms in total. The highest BCUT2D eigenvalue weighted by Gasteiger charge is 2.23. The quantitative estimate of drug-likeness (QED) is 0.678. The van der Waals surface area contributed by atoms with Gasteiger partial charge in [0.15, 0.2) is 15.7 Å². The van der Waals surface area contributed by atoms with Gasteiger partial charge in [-0.2, -0.15) is 0 Å². The van der Waals surface area contributed by atoms with Gasteiger partial charge in [0.05, 0.1) is 11.0 Å². The Kier molecular flexibility index (Phi) is 4.36. The number of benzene rings is 1. The normalized spacial score (nSPS) is 17.4. The fourth-order valence-electron chi connectivity index (χ4n) is 3.27. The van der Waals surface area contributed by atoms with Gasteiger partial charge in [0.25, 0.3) is 0 Å². The van der Waals surface area contributed by atoms with Crippen molar-refractivity contribution in [2.75, 3.05) is 24.2 Å². The predicted molar refractivity (Wildman–Crippen MR) is 98.8 cm³/mol. The maximum absolute atomic E-state index is 12.3. The van der Waals surface area contributed by atoms with Crippen molar-refractivity contribution in [1.29, 1.82) is 0 Å². The van der Waals surface area contributed by atoms with E-state index < -0.39 is 9.84 Å². The Bertz CT molecular complexity index is 1050. The summed E-state index contributed by atoms with van der Waals surface area (Å²) in [6.45, 7) is 1.32. The van der Waals surface area contributed by atoms with Gasteiger partial charge in [0.1, 0.15) is 5.82 Å². The van der Waals surface area contributed by atoms with Gasteiger partial charge in [-0.25, -0.2) is 18.5 Å². The summed E-state index contributed by atoms with van der Waals surface area (Å²) in [5.41, 5.74) is 1.82. The molecule has 1 fully saturated rings. The van der Waals surface area contributed by atoms with E-state index in [2.05, 4.69) is 25.6 Å². The first-order valence-corrected chi connectivity index (χ1v) is 10.3. The number of aromatic nitrogens is 5. The number of anilines is 1. The van der Waals surface area contributed by atoms with Crippen molar-refractivity contribution in [3.63, 3.8) is 0 Å². The molecule has 10 heteroatoms. The number of H-pyrrole nitrogens is 1. The van der Waals surface area contributed by atoms with Crippen LogP contribution in [0, 0.1) is 0 Å². The van der Waals surface area contributed by atoms with E-state index in [0.29, 0.717) is 17.7 Å². The molecule has 1 unspecified atom stereocenters. The maximum Gasteiger partial charge on any atom is 0.181 e. The number of aliphatic hydroxyl groups excluding tert-OH is 1. The molecular weight excluding hydrogens is 368 g/mol. The van der Waals surface area contributed by atoms with Crippen LogP contribution in [-0.2, 0) is 9.84 Å². The fraction of sp³-hybridized carbons (Fsp3) is 0.294. The van der Waals surface area contributed by atoms with Gasteiger partial charge in [0.2, 0.25) is 0 Å². The monoisotopic (exact) mass is 386 g/mol. The van der Waals surface area contributed by atoms with Crippen molar-refractivity contribution in [2.45, 2.75) is 17.4 Å². The predicted octanol–water partition coefficient (Wildman–Crippen LogP) is 0.903. The lowest BCUT2D eigenvalue weighted by Gasteiger charge is -2.17. The van der Waals surface area contributed by atoms with Crippen molar-refractivity contribution < 1.29 is 13.5 Å². The minimum atomic E-state index is -3.49. The minimum absolute atomic E-state index is 0.144. The van der Waals surface area contributed by atoms with E-state index in [-0.39, 0.29) is 16.8 Å². The van der Waals surface area contributed by atoms with E-state index in [9.17, 15) is 13.5 Å². The largest absolute Gasteiger partial charge is 0.391 e. The highest BCUT2D eigenvalue weighted by molar-refractivity contribution is 7.90. The number of tetrazole rings is 1. The number of pyridine rings is 1. The SMILES string of the molecule is CS(=O)(=O)c1cccc(-c2ccc(N3CCC(O)C3)nc2)c1-c1nnn[nH]1. The minimum Gasteiger partial charge on any atom is -0.391 e. The standard InChI is InChI=1S/C17H18N6O3S/c1-27(25,26)14-4-2-3-13(16(14)17-19-21-22-20-17)11-5-6-15(18-9-11)23-8-7-12(24)10-23/h2-6,9,12,24H,7-8,10H2,1H3,(H,19,20,21,22). The molecule has 0 amide bonds. The smallest absolute Gasteiger partial charge is 0.181 e. The summed E-state index contributed by atoms with van der Waals surface area (Å²) in [4.78, 5) is 6.65. The molecule has 3 heterocycles. The zero-order chi connectivity index (χ0) is 19.0. The van der Waals surface area contributed by atoms with Crippen molar-refractivity contribution in [1.82, 2.24) is 25.6 Å². The Morgan fingerprint density at radius 1 is 1.26 bits per heavy atom. The summed E-state index contributed by atoms with van der Waals surface area (Å²) in [5, 5.41) is 23.4. The van der Waals surface area contributed by atoms with Crippen LogP contribution in [0.1, 0.15) is 6.42 Å². The molecule has 0 bridgehead atoms. The third kappa shape index (κ3) is 3.40. The molecular formula is C17H18N6O3S. The first-order chi connectivity index (χ1) is 12.9. The lowest BCUT2D eigenvalue weighted by molar-refractivity contribution is 0.198. The maximum atomic E-state index is 12.3. The molecule has 1 atom stereocenters.